The van der Waals surface area contributed by atoms with Crippen molar-refractivity contribution in [1.82, 2.24) is 4.90 Å². The summed E-state index contributed by atoms with van der Waals surface area (Å²) >= 11 is 0. The minimum Gasteiger partial charge on any atom is -0.715 e. The second kappa shape index (κ2) is 2.05. The normalized spacial score (nSPS) is 17.9. The summed E-state index contributed by atoms with van der Waals surface area (Å²) in [5.41, 5.74) is 0. The van der Waals surface area contributed by atoms with Crippen LogP contribution < -0.4 is 0 Å². The number of carbonyl (C=O) groups excluding carboxylic acids is 1. The Balaban J connectivity index is 2.57. The minimum absolute atomic E-state index is 0.0756. The first-order chi connectivity index (χ1) is 4.20. The van der Waals surface area contributed by atoms with Gasteiger partial charge in [-0.3, -0.25) is 4.74 Å². The van der Waals surface area contributed by atoms with Gasteiger partial charge in [-0.25, -0.2) is 4.79 Å². The molecule has 1 aliphatic heterocycles. The van der Waals surface area contributed by atoms with E-state index in [1.165, 1.54) is 18.2 Å². The van der Waals surface area contributed by atoms with Gasteiger partial charge in [0.25, 0.3) is 0 Å². The maximum absolute atomic E-state index is 10.5. The van der Waals surface area contributed by atoms with Gasteiger partial charge in [0.05, 0.1) is 0 Å². The summed E-state index contributed by atoms with van der Waals surface area (Å²) < 4.78 is 0.751. The highest BCUT2D eigenvalue weighted by Crippen LogP contribution is 1.91. The molecule has 0 unspecified atom stereocenters. The summed E-state index contributed by atoms with van der Waals surface area (Å²) in [4.78, 5) is 11.9. The van der Waals surface area contributed by atoms with Crippen molar-refractivity contribution >= 4 is 12.2 Å². The summed E-state index contributed by atoms with van der Waals surface area (Å²) in [7, 11) is 0. The number of nitrogens with zero attached hydrogens (tertiary/aromatic N) is 2. The van der Waals surface area contributed by atoms with Gasteiger partial charge in [0, 0.05) is 6.92 Å². The molecule has 50 valence electrons. The molecule has 0 bridgehead atoms. The number of rotatable bonds is 0. The van der Waals surface area contributed by atoms with Crippen LogP contribution in [0.1, 0.15) is 6.92 Å². The van der Waals surface area contributed by atoms with Crippen LogP contribution in [0.3, 0.4) is 0 Å². The van der Waals surface area contributed by atoms with E-state index in [9.17, 15) is 10.0 Å². The first kappa shape index (κ1) is 6.07. The van der Waals surface area contributed by atoms with E-state index in [4.69, 9.17) is 0 Å². The van der Waals surface area contributed by atoms with Crippen LogP contribution in [0.5, 0.6) is 0 Å². The standard InChI is InChI=1S/C5H8N2O2/c1-5(8)6-2-3-7(9)4-6/h4H,2-3H2,1H3. The maximum atomic E-state index is 10.5. The first-order valence-electron chi connectivity index (χ1n) is 2.76. The molecule has 0 aromatic heterocycles. The van der Waals surface area contributed by atoms with Gasteiger partial charge in [-0.05, 0) is 0 Å². The zero-order valence-corrected chi connectivity index (χ0v) is 5.20. The quantitative estimate of drug-likeness (QED) is 0.322. The summed E-state index contributed by atoms with van der Waals surface area (Å²) in [5, 5.41) is 10.4. The predicted octanol–water partition coefficient (Wildman–Crippen LogP) is -0.613. The van der Waals surface area contributed by atoms with E-state index < -0.39 is 0 Å². The summed E-state index contributed by atoms with van der Waals surface area (Å²) in [6, 6.07) is 0. The Bertz CT molecular complexity index is 164. The number of hydroxylamine groups is 1. The Labute approximate surface area is 53.0 Å². The molecular weight excluding hydrogens is 120 g/mol. The van der Waals surface area contributed by atoms with Crippen LogP contribution in [0.4, 0.5) is 0 Å². The molecule has 0 aliphatic carbocycles. The Morgan fingerprint density at radius 2 is 2.56 bits per heavy atom. The molecule has 1 aliphatic rings. The third-order valence-corrected chi connectivity index (χ3v) is 1.23. The van der Waals surface area contributed by atoms with Crippen LogP contribution in [-0.4, -0.2) is 35.0 Å². The topological polar surface area (TPSA) is 46.4 Å². The van der Waals surface area contributed by atoms with Gasteiger partial charge in [-0.2, -0.15) is 4.90 Å². The number of hydrogen-bond acceptors (Lipinski definition) is 2. The average Bonchev–Trinajstić information content (AvgIpc) is 2.14. The Morgan fingerprint density at radius 1 is 1.89 bits per heavy atom. The molecule has 0 saturated carbocycles. The molecule has 4 nitrogen and oxygen atoms in total. The maximum Gasteiger partial charge on any atom is 0.306 e. The lowest BCUT2D eigenvalue weighted by molar-refractivity contribution is -0.441. The molecule has 1 amide bonds. The molecule has 0 fully saturated rings. The van der Waals surface area contributed by atoms with Crippen LogP contribution in [0.25, 0.3) is 0 Å². The van der Waals surface area contributed by atoms with E-state index in [0.717, 1.165) is 4.74 Å². The highest BCUT2D eigenvalue weighted by molar-refractivity contribution is 5.84. The van der Waals surface area contributed by atoms with Crippen molar-refractivity contribution in [2.75, 3.05) is 13.1 Å². The number of carbonyl (C=O) groups is 1. The van der Waals surface area contributed by atoms with Crippen LogP contribution in [0.15, 0.2) is 0 Å². The largest absolute Gasteiger partial charge is 0.715 e. The Morgan fingerprint density at radius 3 is 2.78 bits per heavy atom. The molecule has 1 heterocycles. The van der Waals surface area contributed by atoms with Gasteiger partial charge in [0.15, 0.2) is 0 Å². The third kappa shape index (κ3) is 1.19. The van der Waals surface area contributed by atoms with Crippen LogP contribution in [-0.2, 0) is 4.79 Å². The molecule has 0 N–H and O–H groups in total. The van der Waals surface area contributed by atoms with Crippen molar-refractivity contribution in [2.24, 2.45) is 0 Å². The van der Waals surface area contributed by atoms with Gasteiger partial charge in [0.2, 0.25) is 6.34 Å². The highest BCUT2D eigenvalue weighted by atomic mass is 16.5. The zero-order valence-electron chi connectivity index (χ0n) is 5.20. The van der Waals surface area contributed by atoms with Crippen molar-refractivity contribution in [3.63, 3.8) is 0 Å². The van der Waals surface area contributed by atoms with Crippen molar-refractivity contribution < 1.29 is 9.53 Å². The van der Waals surface area contributed by atoms with E-state index in [1.807, 2.05) is 0 Å². The van der Waals surface area contributed by atoms with Crippen molar-refractivity contribution in [3.8, 4) is 0 Å². The smallest absolute Gasteiger partial charge is 0.306 e. The second-order valence-corrected chi connectivity index (χ2v) is 1.97. The van der Waals surface area contributed by atoms with E-state index in [2.05, 4.69) is 0 Å². The van der Waals surface area contributed by atoms with Gasteiger partial charge >= 0.3 is 5.91 Å². The fraction of sp³-hybridized carbons (Fsp3) is 0.600. The molecule has 0 spiro atoms. The lowest BCUT2D eigenvalue weighted by Gasteiger charge is -1.96. The zero-order chi connectivity index (χ0) is 6.85. The third-order valence-electron chi connectivity index (χ3n) is 1.23. The fourth-order valence-corrected chi connectivity index (χ4v) is 0.716. The molecule has 1 rings (SSSR count). The van der Waals surface area contributed by atoms with Crippen molar-refractivity contribution in [1.29, 1.82) is 0 Å². The summed E-state index contributed by atoms with van der Waals surface area (Å²) in [6.45, 7) is 2.37. The second-order valence-electron chi connectivity index (χ2n) is 1.97. The molecule has 0 aromatic rings. The van der Waals surface area contributed by atoms with E-state index in [1.54, 1.807) is 0 Å². The molecule has 0 aromatic carbocycles. The first-order valence-corrected chi connectivity index (χ1v) is 2.76. The lowest BCUT2D eigenvalue weighted by atomic mass is 10.5. The lowest BCUT2D eigenvalue weighted by Crippen LogP contribution is -2.24. The average molecular weight is 128 g/mol. The van der Waals surface area contributed by atoms with Crippen molar-refractivity contribution in [3.05, 3.63) is 5.21 Å². The molecule has 9 heavy (non-hydrogen) atoms. The van der Waals surface area contributed by atoms with Crippen LogP contribution in [0.2, 0.25) is 0 Å². The Kier molecular flexibility index (Phi) is 1.38. The Hall–Kier alpha value is -1.06. The van der Waals surface area contributed by atoms with Gasteiger partial charge < -0.3 is 5.21 Å². The van der Waals surface area contributed by atoms with Gasteiger partial charge in [-0.1, -0.05) is 0 Å². The van der Waals surface area contributed by atoms with Crippen LogP contribution >= 0.6 is 0 Å². The minimum atomic E-state index is -0.0756. The number of hydrogen-bond donors (Lipinski definition) is 0. The van der Waals surface area contributed by atoms with E-state index >= 15 is 0 Å². The van der Waals surface area contributed by atoms with E-state index in [0.29, 0.717) is 13.1 Å². The van der Waals surface area contributed by atoms with Gasteiger partial charge in [0.1, 0.15) is 13.1 Å². The summed E-state index contributed by atoms with van der Waals surface area (Å²) in [6.07, 6.45) is 1.28. The van der Waals surface area contributed by atoms with Crippen molar-refractivity contribution in [2.45, 2.75) is 6.92 Å². The fourth-order valence-electron chi connectivity index (χ4n) is 0.716. The molecule has 4 heteroatoms. The molecule has 0 radical (unpaired) electrons. The molecule has 0 saturated heterocycles. The SMILES string of the molecule is CC(=O)N1C=[N+]([O-])CC1. The molecule has 0 atom stereocenters. The monoisotopic (exact) mass is 128 g/mol. The van der Waals surface area contributed by atoms with Gasteiger partial charge in [-0.15, -0.1) is 0 Å². The predicted molar refractivity (Wildman–Crippen MR) is 31.9 cm³/mol. The highest BCUT2D eigenvalue weighted by Gasteiger charge is 2.18. The number of amides is 1. The van der Waals surface area contributed by atoms with Crippen LogP contribution in [0, 0.1) is 5.21 Å². The van der Waals surface area contributed by atoms with E-state index in [-0.39, 0.29) is 5.91 Å². The summed E-state index contributed by atoms with van der Waals surface area (Å²) in [5.74, 6) is -0.0756. The molecular formula is C5H8N2O2.